The molecule has 70 valence electrons. The van der Waals surface area contributed by atoms with E-state index in [0.717, 1.165) is 0 Å². The van der Waals surface area contributed by atoms with Gasteiger partial charge in [0, 0.05) is 12.3 Å². The Morgan fingerprint density at radius 1 is 1.54 bits per heavy atom. The second-order valence-corrected chi connectivity index (χ2v) is 2.98. The molecule has 0 atom stereocenters. The molecule has 0 unspecified atom stereocenters. The minimum Gasteiger partial charge on any atom is -0.470 e. The lowest BCUT2D eigenvalue weighted by atomic mass is 10.4. The van der Waals surface area contributed by atoms with E-state index in [2.05, 4.69) is 4.98 Å². The van der Waals surface area contributed by atoms with Crippen molar-refractivity contribution >= 4 is 29.0 Å². The van der Waals surface area contributed by atoms with Crippen molar-refractivity contribution in [2.45, 2.75) is 0 Å². The number of nitrogens with zero attached hydrogens (tertiary/aromatic N) is 1. The summed E-state index contributed by atoms with van der Waals surface area (Å²) < 4.78 is 5.01. The zero-order valence-electron chi connectivity index (χ0n) is 6.67. The van der Waals surface area contributed by atoms with Crippen LogP contribution in [0.25, 0.3) is 0 Å². The molecule has 0 aliphatic carbocycles. The van der Waals surface area contributed by atoms with Crippen molar-refractivity contribution in [3.05, 3.63) is 23.4 Å². The number of hydrogen-bond donors (Lipinski definition) is 0. The molecule has 0 aliphatic rings. The Morgan fingerprint density at radius 2 is 2.31 bits per heavy atom. The maximum atomic E-state index is 10.7. The van der Waals surface area contributed by atoms with Gasteiger partial charge >= 0.3 is 0 Å². The zero-order chi connectivity index (χ0) is 9.68. The van der Waals surface area contributed by atoms with Crippen molar-refractivity contribution in [1.82, 2.24) is 4.98 Å². The van der Waals surface area contributed by atoms with Gasteiger partial charge in [-0.3, -0.25) is 4.79 Å². The second-order valence-electron chi connectivity index (χ2n) is 2.28. The molecule has 1 rings (SSSR count). The number of Topliss-reactive ketones (excluding diaryl/α,β-unsaturated/α-hetero) is 1. The molecule has 0 bridgehead atoms. The van der Waals surface area contributed by atoms with E-state index in [-0.39, 0.29) is 18.3 Å². The van der Waals surface area contributed by atoms with E-state index in [1.54, 1.807) is 12.1 Å². The first-order valence-corrected chi connectivity index (χ1v) is 4.45. The summed E-state index contributed by atoms with van der Waals surface area (Å²) in [6, 6.07) is 3.22. The summed E-state index contributed by atoms with van der Waals surface area (Å²) in [4.78, 5) is 14.6. The van der Waals surface area contributed by atoms with Gasteiger partial charge in [0.2, 0.25) is 5.88 Å². The number of carbonyl (C=O) groups is 1. The molecule has 0 amide bonds. The van der Waals surface area contributed by atoms with Crippen LogP contribution in [0.15, 0.2) is 18.3 Å². The first-order chi connectivity index (χ1) is 6.22. The fraction of sp³-hybridized carbons (Fsp3) is 0.250. The molecule has 0 radical (unpaired) electrons. The van der Waals surface area contributed by atoms with Crippen LogP contribution in [0.5, 0.6) is 5.88 Å². The first-order valence-electron chi connectivity index (χ1n) is 3.54. The Hall–Kier alpha value is -0.800. The molecule has 0 spiro atoms. The normalized spacial score (nSPS) is 9.69. The fourth-order valence-corrected chi connectivity index (χ4v) is 0.830. The van der Waals surface area contributed by atoms with Gasteiger partial charge in [-0.15, -0.1) is 11.6 Å². The molecule has 0 N–H and O–H groups in total. The summed E-state index contributed by atoms with van der Waals surface area (Å²) in [6.45, 7) is -0.0574. The average molecular weight is 220 g/mol. The summed E-state index contributed by atoms with van der Waals surface area (Å²) in [6.07, 6.45) is 1.45. The SMILES string of the molecule is O=C(CCl)COc1ccc(Cl)cn1. The molecule has 1 aromatic heterocycles. The largest absolute Gasteiger partial charge is 0.470 e. The number of carbonyl (C=O) groups excluding carboxylic acids is 1. The third kappa shape index (κ3) is 3.61. The highest BCUT2D eigenvalue weighted by atomic mass is 35.5. The van der Waals surface area contributed by atoms with Crippen LogP contribution in [0.1, 0.15) is 0 Å². The summed E-state index contributed by atoms with van der Waals surface area (Å²) in [5, 5.41) is 0.524. The Bertz CT molecular complexity index is 287. The minimum atomic E-state index is -0.182. The van der Waals surface area contributed by atoms with Crippen LogP contribution < -0.4 is 4.74 Å². The number of halogens is 2. The highest BCUT2D eigenvalue weighted by molar-refractivity contribution is 6.30. The predicted molar refractivity (Wildman–Crippen MR) is 50.5 cm³/mol. The molecule has 5 heteroatoms. The van der Waals surface area contributed by atoms with Crippen LogP contribution in [0.3, 0.4) is 0 Å². The Labute approximate surface area is 85.6 Å². The molecule has 0 fully saturated rings. The van der Waals surface area contributed by atoms with Crippen molar-refractivity contribution in [1.29, 1.82) is 0 Å². The second kappa shape index (κ2) is 5.04. The van der Waals surface area contributed by atoms with E-state index in [0.29, 0.717) is 10.9 Å². The standard InChI is InChI=1S/C8H7Cl2NO2/c9-3-7(12)5-13-8-2-1-6(10)4-11-8/h1-2,4H,3,5H2. The predicted octanol–water partition coefficient (Wildman–Crippen LogP) is 1.92. The lowest BCUT2D eigenvalue weighted by molar-refractivity contribution is -0.118. The summed E-state index contributed by atoms with van der Waals surface area (Å²) >= 11 is 10.9. The number of pyridine rings is 1. The molecule has 0 aliphatic heterocycles. The fourth-order valence-electron chi connectivity index (χ4n) is 0.641. The third-order valence-electron chi connectivity index (χ3n) is 1.23. The van der Waals surface area contributed by atoms with E-state index in [1.165, 1.54) is 6.20 Å². The minimum absolute atomic E-state index is 0.0480. The van der Waals surface area contributed by atoms with Crippen LogP contribution in [0, 0.1) is 0 Å². The number of rotatable bonds is 4. The molecule has 0 saturated carbocycles. The molecular formula is C8H7Cl2NO2. The Balaban J connectivity index is 2.46. The van der Waals surface area contributed by atoms with Crippen molar-refractivity contribution in [3.63, 3.8) is 0 Å². The van der Waals surface area contributed by atoms with Gasteiger partial charge in [0.15, 0.2) is 5.78 Å². The highest BCUT2D eigenvalue weighted by Gasteiger charge is 2.01. The van der Waals surface area contributed by atoms with E-state index in [4.69, 9.17) is 27.9 Å². The molecule has 13 heavy (non-hydrogen) atoms. The lowest BCUT2D eigenvalue weighted by Gasteiger charge is -2.01. The van der Waals surface area contributed by atoms with Crippen molar-refractivity contribution in [2.75, 3.05) is 12.5 Å². The van der Waals surface area contributed by atoms with Gasteiger partial charge in [0.25, 0.3) is 0 Å². The molecule has 0 saturated heterocycles. The highest BCUT2D eigenvalue weighted by Crippen LogP contribution is 2.11. The van der Waals surface area contributed by atoms with Crippen molar-refractivity contribution in [3.8, 4) is 5.88 Å². The maximum Gasteiger partial charge on any atom is 0.213 e. The average Bonchev–Trinajstić information content (AvgIpc) is 2.16. The van der Waals surface area contributed by atoms with Crippen LogP contribution in [-0.2, 0) is 4.79 Å². The van der Waals surface area contributed by atoms with Crippen LogP contribution >= 0.6 is 23.2 Å². The first kappa shape index (κ1) is 10.3. The topological polar surface area (TPSA) is 39.2 Å². The summed E-state index contributed by atoms with van der Waals surface area (Å²) in [7, 11) is 0. The number of ketones is 1. The molecule has 3 nitrogen and oxygen atoms in total. The van der Waals surface area contributed by atoms with E-state index in [1.807, 2.05) is 0 Å². The maximum absolute atomic E-state index is 10.7. The van der Waals surface area contributed by atoms with Gasteiger partial charge in [-0.05, 0) is 6.07 Å². The van der Waals surface area contributed by atoms with Gasteiger partial charge < -0.3 is 4.74 Å². The van der Waals surface area contributed by atoms with Gasteiger partial charge in [-0.1, -0.05) is 11.6 Å². The van der Waals surface area contributed by atoms with Crippen molar-refractivity contribution < 1.29 is 9.53 Å². The van der Waals surface area contributed by atoms with Crippen LogP contribution in [-0.4, -0.2) is 23.3 Å². The van der Waals surface area contributed by atoms with Gasteiger partial charge in [-0.25, -0.2) is 4.98 Å². The smallest absolute Gasteiger partial charge is 0.213 e. The monoisotopic (exact) mass is 219 g/mol. The molecule has 0 aromatic carbocycles. The molecular weight excluding hydrogens is 213 g/mol. The number of aromatic nitrogens is 1. The number of ether oxygens (including phenoxy) is 1. The van der Waals surface area contributed by atoms with E-state index in [9.17, 15) is 4.79 Å². The van der Waals surface area contributed by atoms with Gasteiger partial charge in [0.05, 0.1) is 10.9 Å². The zero-order valence-corrected chi connectivity index (χ0v) is 8.18. The number of hydrogen-bond acceptors (Lipinski definition) is 3. The van der Waals surface area contributed by atoms with Crippen molar-refractivity contribution in [2.24, 2.45) is 0 Å². The third-order valence-corrected chi connectivity index (χ3v) is 1.75. The molecule has 1 aromatic rings. The van der Waals surface area contributed by atoms with E-state index < -0.39 is 0 Å². The van der Waals surface area contributed by atoms with Crippen LogP contribution in [0.4, 0.5) is 0 Å². The number of alkyl halides is 1. The van der Waals surface area contributed by atoms with E-state index >= 15 is 0 Å². The van der Waals surface area contributed by atoms with Gasteiger partial charge in [0.1, 0.15) is 6.61 Å². The summed E-state index contributed by atoms with van der Waals surface area (Å²) in [5.74, 6) is 0.134. The van der Waals surface area contributed by atoms with Crippen LogP contribution in [0.2, 0.25) is 5.02 Å². The quantitative estimate of drug-likeness (QED) is 0.727. The lowest BCUT2D eigenvalue weighted by Crippen LogP contribution is -2.12. The van der Waals surface area contributed by atoms with Gasteiger partial charge in [-0.2, -0.15) is 0 Å². The molecule has 1 heterocycles. The Kier molecular flexibility index (Phi) is 3.99. The Morgan fingerprint density at radius 3 is 2.85 bits per heavy atom. The summed E-state index contributed by atoms with van der Waals surface area (Å²) in [5.41, 5.74) is 0.